The minimum Gasteiger partial charge on any atom is -0.306 e. The molecule has 1 heterocycles. The Morgan fingerprint density at radius 2 is 2.12 bits per heavy atom. The molecule has 1 fully saturated rings. The minimum absolute atomic E-state index is 0.0567. The van der Waals surface area contributed by atoms with E-state index in [1.165, 1.54) is 0 Å². The number of hydrogen-bond donors (Lipinski definition) is 0. The molecule has 3 heteroatoms. The first-order valence-corrected chi connectivity index (χ1v) is 6.89. The molecule has 1 atom stereocenters. The zero-order valence-corrected chi connectivity index (χ0v) is 11.7. The van der Waals surface area contributed by atoms with Crippen molar-refractivity contribution >= 4 is 22.2 Å². The normalized spacial score (nSPS) is 20.1. The van der Waals surface area contributed by atoms with E-state index in [-0.39, 0.29) is 5.92 Å². The number of hydrogen-bond acceptors (Lipinski definition) is 2. The summed E-state index contributed by atoms with van der Waals surface area (Å²) in [6, 6.07) is 8.13. The van der Waals surface area contributed by atoms with Crippen molar-refractivity contribution in [3.05, 3.63) is 34.3 Å². The molecule has 2 nitrogen and oxygen atoms in total. The fourth-order valence-electron chi connectivity index (χ4n) is 2.56. The van der Waals surface area contributed by atoms with Gasteiger partial charge in [0.15, 0.2) is 0 Å². The third kappa shape index (κ3) is 3.17. The maximum absolute atomic E-state index is 11.4. The number of halogens is 1. The summed E-state index contributed by atoms with van der Waals surface area (Å²) in [5, 5.41) is 0. The monoisotopic (exact) mass is 295 g/mol. The number of rotatable bonds is 3. The van der Waals surface area contributed by atoms with Gasteiger partial charge in [-0.05, 0) is 56.6 Å². The molecule has 0 saturated carbocycles. The van der Waals surface area contributed by atoms with Crippen LogP contribution >= 0.6 is 15.9 Å². The topological polar surface area (TPSA) is 20.3 Å². The van der Waals surface area contributed by atoms with Gasteiger partial charge in [0.1, 0.15) is 6.29 Å². The van der Waals surface area contributed by atoms with Crippen molar-refractivity contribution in [2.24, 2.45) is 5.92 Å². The Kier molecular flexibility index (Phi) is 4.35. The van der Waals surface area contributed by atoms with Crippen LogP contribution in [0.25, 0.3) is 0 Å². The molecule has 0 spiro atoms. The van der Waals surface area contributed by atoms with Crippen LogP contribution in [0.2, 0.25) is 0 Å². The molecule has 0 bridgehead atoms. The molecule has 0 radical (unpaired) electrons. The van der Waals surface area contributed by atoms with Crippen LogP contribution in [0.3, 0.4) is 0 Å². The molecule has 0 N–H and O–H groups in total. The van der Waals surface area contributed by atoms with Gasteiger partial charge in [0.2, 0.25) is 0 Å². The number of aldehydes is 1. The number of benzene rings is 1. The molecule has 1 saturated heterocycles. The summed E-state index contributed by atoms with van der Waals surface area (Å²) in [4.78, 5) is 13.7. The fourth-order valence-corrected chi connectivity index (χ4v) is 2.98. The van der Waals surface area contributed by atoms with Gasteiger partial charge in [-0.3, -0.25) is 0 Å². The maximum Gasteiger partial charge on any atom is 0.127 e. The highest BCUT2D eigenvalue weighted by molar-refractivity contribution is 9.10. The fraction of sp³-hybridized carbons (Fsp3) is 0.500. The summed E-state index contributed by atoms with van der Waals surface area (Å²) < 4.78 is 1.05. The zero-order valence-electron chi connectivity index (χ0n) is 10.1. The second kappa shape index (κ2) is 5.78. The van der Waals surface area contributed by atoms with Crippen LogP contribution in [-0.4, -0.2) is 31.3 Å². The van der Waals surface area contributed by atoms with Gasteiger partial charge in [-0.25, -0.2) is 0 Å². The van der Waals surface area contributed by atoms with E-state index < -0.39 is 0 Å². The molecular weight excluding hydrogens is 278 g/mol. The lowest BCUT2D eigenvalue weighted by Gasteiger charge is -2.32. The van der Waals surface area contributed by atoms with E-state index in [0.29, 0.717) is 5.92 Å². The molecule has 1 aliphatic heterocycles. The van der Waals surface area contributed by atoms with E-state index in [4.69, 9.17) is 0 Å². The summed E-state index contributed by atoms with van der Waals surface area (Å²) in [7, 11) is 2.14. The highest BCUT2D eigenvalue weighted by Crippen LogP contribution is 2.31. The molecule has 1 aromatic carbocycles. The predicted molar refractivity (Wildman–Crippen MR) is 73.2 cm³/mol. The molecular formula is C14H18BrNO. The number of nitrogens with zero attached hydrogens (tertiary/aromatic N) is 1. The molecule has 0 amide bonds. The van der Waals surface area contributed by atoms with Gasteiger partial charge >= 0.3 is 0 Å². The second-order valence-corrected chi connectivity index (χ2v) is 5.77. The molecule has 92 valence electrons. The summed E-state index contributed by atoms with van der Waals surface area (Å²) in [5.41, 5.74) is 1.14. The van der Waals surface area contributed by atoms with Crippen LogP contribution in [0.5, 0.6) is 0 Å². The highest BCUT2D eigenvalue weighted by Gasteiger charge is 2.26. The van der Waals surface area contributed by atoms with Crippen LogP contribution < -0.4 is 0 Å². The summed E-state index contributed by atoms with van der Waals surface area (Å²) >= 11 is 3.47. The Labute approximate surface area is 111 Å². The molecule has 1 aliphatic rings. The lowest BCUT2D eigenvalue weighted by atomic mass is 9.81. The molecule has 1 aromatic rings. The molecule has 1 unspecified atom stereocenters. The molecule has 17 heavy (non-hydrogen) atoms. The minimum atomic E-state index is 0.0567. The number of carbonyl (C=O) groups excluding carboxylic acids is 1. The maximum atomic E-state index is 11.4. The third-order valence-corrected chi connectivity index (χ3v) is 4.14. The predicted octanol–water partition coefficient (Wildman–Crippen LogP) is 3.07. The lowest BCUT2D eigenvalue weighted by Crippen LogP contribution is -2.33. The van der Waals surface area contributed by atoms with Gasteiger partial charge in [0, 0.05) is 10.4 Å². The highest BCUT2D eigenvalue weighted by atomic mass is 79.9. The smallest absolute Gasteiger partial charge is 0.127 e. The quantitative estimate of drug-likeness (QED) is 0.799. The van der Waals surface area contributed by atoms with Crippen molar-refractivity contribution in [2.75, 3.05) is 20.1 Å². The van der Waals surface area contributed by atoms with Crippen molar-refractivity contribution in [1.82, 2.24) is 4.90 Å². The Balaban J connectivity index is 2.13. The van der Waals surface area contributed by atoms with Crippen molar-refractivity contribution in [2.45, 2.75) is 18.8 Å². The molecule has 2 rings (SSSR count). The van der Waals surface area contributed by atoms with Crippen LogP contribution in [0.4, 0.5) is 0 Å². The van der Waals surface area contributed by atoms with E-state index in [9.17, 15) is 4.79 Å². The Morgan fingerprint density at radius 3 is 2.71 bits per heavy atom. The number of likely N-dealkylation sites (tertiary alicyclic amines) is 1. The van der Waals surface area contributed by atoms with E-state index in [1.54, 1.807) is 0 Å². The van der Waals surface area contributed by atoms with Crippen LogP contribution in [0.1, 0.15) is 24.3 Å². The average Bonchev–Trinajstić information content (AvgIpc) is 2.33. The molecule has 0 aliphatic carbocycles. The second-order valence-electron chi connectivity index (χ2n) is 4.86. The number of piperidine rings is 1. The van der Waals surface area contributed by atoms with E-state index >= 15 is 0 Å². The van der Waals surface area contributed by atoms with Gasteiger partial charge in [-0.15, -0.1) is 0 Å². The standard InChI is InChI=1S/C14H18BrNO/c1-16-7-5-11(6-8-16)14(10-17)12-3-2-4-13(15)9-12/h2-4,9-11,14H,5-8H2,1H3. The van der Waals surface area contributed by atoms with Gasteiger partial charge in [0.25, 0.3) is 0 Å². The first kappa shape index (κ1) is 12.8. The van der Waals surface area contributed by atoms with Crippen molar-refractivity contribution < 1.29 is 4.79 Å². The zero-order chi connectivity index (χ0) is 12.3. The van der Waals surface area contributed by atoms with Gasteiger partial charge in [-0.2, -0.15) is 0 Å². The Bertz CT molecular complexity index is 386. The first-order chi connectivity index (χ1) is 8.20. The SMILES string of the molecule is CN1CCC(C(C=O)c2cccc(Br)c2)CC1. The first-order valence-electron chi connectivity index (χ1n) is 6.10. The summed E-state index contributed by atoms with van der Waals surface area (Å²) in [5.74, 6) is 0.555. The Morgan fingerprint density at radius 1 is 1.41 bits per heavy atom. The lowest BCUT2D eigenvalue weighted by molar-refractivity contribution is -0.110. The van der Waals surface area contributed by atoms with E-state index in [1.807, 2.05) is 12.1 Å². The van der Waals surface area contributed by atoms with Gasteiger partial charge in [-0.1, -0.05) is 28.1 Å². The van der Waals surface area contributed by atoms with Crippen LogP contribution in [0.15, 0.2) is 28.7 Å². The van der Waals surface area contributed by atoms with Gasteiger partial charge < -0.3 is 9.69 Å². The summed E-state index contributed by atoms with van der Waals surface area (Å²) in [6.45, 7) is 2.20. The van der Waals surface area contributed by atoms with E-state index in [2.05, 4.69) is 40.0 Å². The van der Waals surface area contributed by atoms with Crippen molar-refractivity contribution in [1.29, 1.82) is 0 Å². The number of carbonyl (C=O) groups is 1. The molecule has 0 aromatic heterocycles. The Hall–Kier alpha value is -0.670. The average molecular weight is 296 g/mol. The van der Waals surface area contributed by atoms with Crippen molar-refractivity contribution in [3.8, 4) is 0 Å². The summed E-state index contributed by atoms with van der Waals surface area (Å²) in [6.07, 6.45) is 3.36. The largest absolute Gasteiger partial charge is 0.306 e. The van der Waals surface area contributed by atoms with Crippen LogP contribution in [0, 0.1) is 5.92 Å². The van der Waals surface area contributed by atoms with Crippen LogP contribution in [-0.2, 0) is 4.79 Å². The van der Waals surface area contributed by atoms with Crippen molar-refractivity contribution in [3.63, 3.8) is 0 Å². The van der Waals surface area contributed by atoms with E-state index in [0.717, 1.165) is 42.3 Å². The van der Waals surface area contributed by atoms with Gasteiger partial charge in [0.05, 0.1) is 0 Å². The third-order valence-electron chi connectivity index (χ3n) is 3.65.